The molecule has 2 aromatic heterocycles. The number of benzene rings is 2. The Morgan fingerprint density at radius 1 is 0.667 bits per heavy atom. The summed E-state index contributed by atoms with van der Waals surface area (Å²) < 4.78 is 48.1. The van der Waals surface area contributed by atoms with Crippen LogP contribution >= 0.6 is 0 Å². The minimum Gasteiger partial charge on any atom is -0.444 e. The van der Waals surface area contributed by atoms with Crippen LogP contribution in [0.2, 0.25) is 0 Å². The molecule has 60 heavy (non-hydrogen) atoms. The Kier molecular flexibility index (Phi) is 14.7. The fourth-order valence-electron chi connectivity index (χ4n) is 6.28. The van der Waals surface area contributed by atoms with Gasteiger partial charge < -0.3 is 28.3 Å². The number of hydrogen-bond donors (Lipinski definition) is 0. The smallest absolute Gasteiger partial charge is 0.414 e. The van der Waals surface area contributed by atoms with Crippen LogP contribution in [-0.4, -0.2) is 133 Å². The maximum atomic E-state index is 12.2. The van der Waals surface area contributed by atoms with Crippen molar-refractivity contribution in [1.82, 2.24) is 20.3 Å². The summed E-state index contributed by atoms with van der Waals surface area (Å²) in [6.07, 6.45) is 9.14. The van der Waals surface area contributed by atoms with Crippen molar-refractivity contribution in [1.29, 1.82) is 0 Å². The molecule has 0 radical (unpaired) electrons. The zero-order valence-electron chi connectivity index (χ0n) is 33.3. The third-order valence-electron chi connectivity index (χ3n) is 9.65. The van der Waals surface area contributed by atoms with Crippen LogP contribution in [0.4, 0.5) is 32.3 Å². The molecule has 2 fully saturated rings. The Balaban J connectivity index is 0.000000174. The largest absolute Gasteiger partial charge is 0.444 e. The van der Waals surface area contributed by atoms with Crippen molar-refractivity contribution in [3.63, 3.8) is 0 Å². The van der Waals surface area contributed by atoms with Gasteiger partial charge in [0, 0.05) is 55.0 Å². The standard InChI is InChI=1S/C18H19N5O4.C18H21N5O3.C2H6O4S/c24-13-22-9-8-21(12-19-22)15-2-4-16(5-3-15)23-11-17(27-18(23)25)6-1-14-7-10-26-20-14;1-21-9-10-22(13-19-21)15-3-5-16(6-4-15)23-12-17(26-18(23)24)7-2-14-8-11-25-20-14;1-5-7(3,4)6-2/h2-5,7,10,12-13,17H,1,6,8-9,11H2;3-6,8,11,13,17H,2,7,9-10,12H2,1H3;1-2H3/t2*17-;/m00./s1. The van der Waals surface area contributed by atoms with Gasteiger partial charge in [-0.3, -0.25) is 28.0 Å². The predicted octanol–water partition coefficient (Wildman–Crippen LogP) is 3.71. The third-order valence-corrected chi connectivity index (χ3v) is 10.5. The summed E-state index contributed by atoms with van der Waals surface area (Å²) in [6.45, 7) is 4.02. The highest BCUT2D eigenvalue weighted by Gasteiger charge is 2.33. The second-order valence-electron chi connectivity index (χ2n) is 13.6. The molecule has 4 aliphatic rings. The summed E-state index contributed by atoms with van der Waals surface area (Å²) >= 11 is 0. The number of cyclic esters (lactones) is 2. The molecule has 3 amide bonds. The Morgan fingerprint density at radius 3 is 1.47 bits per heavy atom. The molecule has 0 N–H and O–H groups in total. The van der Waals surface area contributed by atoms with Crippen molar-refractivity contribution in [3.05, 3.63) is 84.6 Å². The van der Waals surface area contributed by atoms with Crippen LogP contribution < -0.4 is 19.6 Å². The van der Waals surface area contributed by atoms with E-state index < -0.39 is 10.4 Å². The summed E-state index contributed by atoms with van der Waals surface area (Å²) in [5.74, 6) is 0. The minimum atomic E-state index is -3.66. The highest BCUT2D eigenvalue weighted by molar-refractivity contribution is 7.81. The Hall–Kier alpha value is -6.52. The molecule has 0 spiro atoms. The number of likely N-dealkylation sites (N-methyl/N-ethyl adjacent to an activating group) is 1. The van der Waals surface area contributed by atoms with E-state index in [0.29, 0.717) is 45.4 Å². The average Bonchev–Trinajstić information content (AvgIpc) is 4.13. The molecule has 2 aromatic carbocycles. The number of hydrogen-bond acceptors (Lipinski definition) is 18. The second-order valence-corrected chi connectivity index (χ2v) is 15.0. The van der Waals surface area contributed by atoms with Gasteiger partial charge in [-0.15, -0.1) is 0 Å². The summed E-state index contributed by atoms with van der Waals surface area (Å²) in [5, 5.41) is 19.3. The van der Waals surface area contributed by atoms with Gasteiger partial charge in [0.1, 0.15) is 37.4 Å². The maximum Gasteiger partial charge on any atom is 0.414 e. The van der Waals surface area contributed by atoms with E-state index in [1.165, 1.54) is 11.3 Å². The first-order valence-corrected chi connectivity index (χ1v) is 20.2. The lowest BCUT2D eigenvalue weighted by Crippen LogP contribution is -2.37. The van der Waals surface area contributed by atoms with Crippen molar-refractivity contribution >= 4 is 64.4 Å². The molecular formula is C38H46N10O11S. The van der Waals surface area contributed by atoms with Crippen LogP contribution in [0.3, 0.4) is 0 Å². The van der Waals surface area contributed by atoms with Gasteiger partial charge in [-0.1, -0.05) is 10.3 Å². The first-order chi connectivity index (χ1) is 29.0. The number of carbonyl (C=O) groups excluding carboxylic acids is 3. The van der Waals surface area contributed by atoms with Crippen LogP contribution in [0.15, 0.2) is 92.4 Å². The van der Waals surface area contributed by atoms with Crippen molar-refractivity contribution in [2.45, 2.75) is 37.9 Å². The number of rotatable bonds is 13. The van der Waals surface area contributed by atoms with Gasteiger partial charge >= 0.3 is 22.6 Å². The van der Waals surface area contributed by atoms with E-state index in [4.69, 9.17) is 18.5 Å². The lowest BCUT2D eigenvalue weighted by Gasteiger charge is -2.27. The molecule has 4 aliphatic heterocycles. The van der Waals surface area contributed by atoms with Gasteiger partial charge in [0.05, 0.1) is 51.8 Å². The summed E-state index contributed by atoms with van der Waals surface area (Å²) in [4.78, 5) is 42.5. The van der Waals surface area contributed by atoms with E-state index in [1.807, 2.05) is 84.0 Å². The predicted molar refractivity (Wildman–Crippen MR) is 218 cm³/mol. The van der Waals surface area contributed by atoms with Gasteiger partial charge in [-0.05, 0) is 74.2 Å². The molecule has 320 valence electrons. The summed E-state index contributed by atoms with van der Waals surface area (Å²) in [6, 6.07) is 19.2. The van der Waals surface area contributed by atoms with Gasteiger partial charge in [0.2, 0.25) is 6.41 Å². The molecule has 21 nitrogen and oxygen atoms in total. The topological polar surface area (TPSA) is 218 Å². The monoisotopic (exact) mass is 850 g/mol. The second kappa shape index (κ2) is 20.4. The molecule has 2 atom stereocenters. The van der Waals surface area contributed by atoms with Crippen molar-refractivity contribution in [2.75, 3.05) is 80.1 Å². The normalized spacial score (nSPS) is 18.8. The number of nitrogens with zero attached hydrogens (tertiary/aromatic N) is 10. The fourth-order valence-corrected chi connectivity index (χ4v) is 6.41. The quantitative estimate of drug-likeness (QED) is 0.175. The Labute approximate surface area is 346 Å². The highest BCUT2D eigenvalue weighted by atomic mass is 32.3. The van der Waals surface area contributed by atoms with E-state index >= 15 is 0 Å². The van der Waals surface area contributed by atoms with Crippen molar-refractivity contribution in [2.24, 2.45) is 10.2 Å². The van der Waals surface area contributed by atoms with E-state index in [1.54, 1.807) is 22.4 Å². The van der Waals surface area contributed by atoms with E-state index in [-0.39, 0.29) is 24.4 Å². The molecule has 0 bridgehead atoms. The lowest BCUT2D eigenvalue weighted by atomic mass is 10.1. The molecule has 2 saturated heterocycles. The highest BCUT2D eigenvalue weighted by Crippen LogP contribution is 2.28. The number of carbonyl (C=O) groups is 3. The molecule has 8 rings (SSSR count). The van der Waals surface area contributed by atoms with Crippen LogP contribution in [0.5, 0.6) is 0 Å². The van der Waals surface area contributed by atoms with Gasteiger partial charge in [-0.25, -0.2) is 14.6 Å². The molecule has 22 heteroatoms. The van der Waals surface area contributed by atoms with Crippen LogP contribution in [0, 0.1) is 0 Å². The summed E-state index contributed by atoms with van der Waals surface area (Å²) in [7, 11) is 0.349. The Morgan fingerprint density at radius 2 is 1.12 bits per heavy atom. The van der Waals surface area contributed by atoms with Crippen molar-refractivity contribution in [3.8, 4) is 0 Å². The lowest BCUT2D eigenvalue weighted by molar-refractivity contribution is -0.118. The molecule has 0 unspecified atom stereocenters. The number of ether oxygens (including phenoxy) is 2. The van der Waals surface area contributed by atoms with E-state index in [9.17, 15) is 22.8 Å². The van der Waals surface area contributed by atoms with Gasteiger partial charge in [-0.2, -0.15) is 18.6 Å². The van der Waals surface area contributed by atoms with Gasteiger partial charge in [0.15, 0.2) is 0 Å². The summed E-state index contributed by atoms with van der Waals surface area (Å²) in [5.41, 5.74) is 5.36. The zero-order valence-corrected chi connectivity index (χ0v) is 34.1. The third kappa shape index (κ3) is 11.8. The van der Waals surface area contributed by atoms with Gasteiger partial charge in [0.25, 0.3) is 0 Å². The fraction of sp³-hybridized carbons (Fsp3) is 0.395. The number of aryl methyl sites for hydroxylation is 2. The van der Waals surface area contributed by atoms with E-state index in [0.717, 1.165) is 74.3 Å². The minimum absolute atomic E-state index is 0.136. The SMILES string of the molecule is CN1CCN(c2ccc(N3C[C@H](CCc4ccon4)OC3=O)cc2)C=N1.COS(=O)(=O)OC.O=CN1CCN(c2ccc(N3C[C@H](CCc4ccon4)OC3=O)cc2)C=N1. The van der Waals surface area contributed by atoms with Crippen LogP contribution in [0.25, 0.3) is 0 Å². The van der Waals surface area contributed by atoms with E-state index in [2.05, 4.69) is 33.8 Å². The van der Waals surface area contributed by atoms with Crippen LogP contribution in [-0.2, 0) is 45.9 Å². The first kappa shape index (κ1) is 43.1. The number of hydrazone groups is 2. The molecule has 6 heterocycles. The molecule has 0 saturated carbocycles. The van der Waals surface area contributed by atoms with Crippen LogP contribution in [0.1, 0.15) is 24.2 Å². The molecule has 0 aliphatic carbocycles. The number of aromatic nitrogens is 2. The maximum absolute atomic E-state index is 12.2. The average molecular weight is 851 g/mol. The first-order valence-electron chi connectivity index (χ1n) is 18.9. The Bertz CT molecular complexity index is 2150. The number of amides is 3. The number of anilines is 4. The van der Waals surface area contributed by atoms with Crippen molar-refractivity contribution < 1.29 is 49.7 Å². The molecule has 4 aromatic rings. The zero-order chi connectivity index (χ0) is 42.5. The molecular weight excluding hydrogens is 805 g/mol.